The zero-order valence-corrected chi connectivity index (χ0v) is 11.1. The molecule has 1 saturated carbocycles. The van der Waals surface area contributed by atoms with E-state index in [0.717, 1.165) is 31.8 Å². The molecular weight excluding hydrogens is 212 g/mol. The fourth-order valence-electron chi connectivity index (χ4n) is 3.04. The van der Waals surface area contributed by atoms with Crippen LogP contribution in [0.5, 0.6) is 0 Å². The third-order valence-corrected chi connectivity index (χ3v) is 4.63. The molecule has 0 aromatic rings. The predicted octanol–water partition coefficient (Wildman–Crippen LogP) is 2.30. The van der Waals surface area contributed by atoms with Gasteiger partial charge in [-0.15, -0.1) is 0 Å². The maximum atomic E-state index is 12.2. The third kappa shape index (κ3) is 3.21. The van der Waals surface area contributed by atoms with E-state index in [1.54, 1.807) is 0 Å². The maximum Gasteiger partial charge on any atom is 0.224 e. The summed E-state index contributed by atoms with van der Waals surface area (Å²) in [7, 11) is 0. The van der Waals surface area contributed by atoms with Gasteiger partial charge in [-0.1, -0.05) is 13.3 Å². The summed E-state index contributed by atoms with van der Waals surface area (Å²) in [5.41, 5.74) is 6.00. The first kappa shape index (κ1) is 12.9. The number of likely N-dealkylation sites (tertiary alicyclic amines) is 1. The largest absolute Gasteiger partial charge is 0.343 e. The Balaban J connectivity index is 1.82. The van der Waals surface area contributed by atoms with Gasteiger partial charge >= 0.3 is 0 Å². The fourth-order valence-corrected chi connectivity index (χ4v) is 3.04. The van der Waals surface area contributed by atoms with Crippen LogP contribution in [0.25, 0.3) is 0 Å². The highest BCUT2D eigenvalue weighted by molar-refractivity contribution is 5.77. The van der Waals surface area contributed by atoms with Crippen LogP contribution < -0.4 is 5.73 Å². The smallest absolute Gasteiger partial charge is 0.224 e. The summed E-state index contributed by atoms with van der Waals surface area (Å²) in [6.45, 7) is 4.16. The van der Waals surface area contributed by atoms with Crippen molar-refractivity contribution in [2.75, 3.05) is 13.1 Å². The number of nitrogens with two attached hydrogens (primary N) is 1. The van der Waals surface area contributed by atoms with E-state index < -0.39 is 0 Å². The van der Waals surface area contributed by atoms with Crippen molar-refractivity contribution in [1.29, 1.82) is 0 Å². The highest BCUT2D eigenvalue weighted by Crippen LogP contribution is 2.33. The second kappa shape index (κ2) is 5.38. The molecule has 1 aliphatic carbocycles. The first-order valence-corrected chi connectivity index (χ1v) is 7.19. The second-order valence-electron chi connectivity index (χ2n) is 5.98. The van der Waals surface area contributed by atoms with Gasteiger partial charge in [0.2, 0.25) is 5.91 Å². The van der Waals surface area contributed by atoms with E-state index in [9.17, 15) is 4.79 Å². The molecule has 0 aromatic carbocycles. The van der Waals surface area contributed by atoms with Gasteiger partial charge in [0, 0.05) is 25.0 Å². The average molecular weight is 238 g/mol. The number of nitrogens with zero attached hydrogens (tertiary/aromatic N) is 1. The first-order valence-electron chi connectivity index (χ1n) is 7.19. The average Bonchev–Trinajstić information content (AvgIpc) is 2.51. The summed E-state index contributed by atoms with van der Waals surface area (Å²) < 4.78 is 0. The maximum absolute atomic E-state index is 12.2. The molecule has 0 radical (unpaired) electrons. The first-order chi connectivity index (χ1) is 8.13. The van der Waals surface area contributed by atoms with Crippen LogP contribution in [0.1, 0.15) is 58.3 Å². The number of rotatable bonds is 3. The quantitative estimate of drug-likeness (QED) is 0.820. The Labute approximate surface area is 105 Å². The van der Waals surface area contributed by atoms with Crippen molar-refractivity contribution in [3.8, 4) is 0 Å². The van der Waals surface area contributed by atoms with Gasteiger partial charge in [0.05, 0.1) is 0 Å². The van der Waals surface area contributed by atoms with Crippen molar-refractivity contribution in [3.63, 3.8) is 0 Å². The molecule has 3 heteroatoms. The minimum absolute atomic E-state index is 0.159. The Bertz CT molecular complexity index is 273. The number of hydrogen-bond acceptors (Lipinski definition) is 2. The lowest BCUT2D eigenvalue weighted by Gasteiger charge is -2.38. The summed E-state index contributed by atoms with van der Waals surface area (Å²) in [6.07, 6.45) is 8.72. The number of carbonyl (C=O) groups excluding carboxylic acids is 1. The summed E-state index contributed by atoms with van der Waals surface area (Å²) in [4.78, 5) is 14.3. The van der Waals surface area contributed by atoms with Gasteiger partial charge in [-0.25, -0.2) is 0 Å². The standard InChI is InChI=1S/C14H26N2O/c1-2-12-5-3-9-16(10-6-12)13(17)11-14(15)7-4-8-14/h12H,2-11,15H2,1H3. The van der Waals surface area contributed by atoms with Crippen molar-refractivity contribution in [2.24, 2.45) is 11.7 Å². The fraction of sp³-hybridized carbons (Fsp3) is 0.929. The summed E-state index contributed by atoms with van der Waals surface area (Å²) in [6, 6.07) is 0. The minimum atomic E-state index is -0.159. The van der Waals surface area contributed by atoms with E-state index in [0.29, 0.717) is 12.3 Å². The van der Waals surface area contributed by atoms with E-state index in [4.69, 9.17) is 5.73 Å². The normalized spacial score (nSPS) is 28.4. The molecule has 2 rings (SSSR count). The van der Waals surface area contributed by atoms with Gasteiger partial charge in [0.1, 0.15) is 0 Å². The highest BCUT2D eigenvalue weighted by Gasteiger charge is 2.36. The molecular formula is C14H26N2O. The van der Waals surface area contributed by atoms with Crippen molar-refractivity contribution < 1.29 is 4.79 Å². The van der Waals surface area contributed by atoms with Crippen LogP contribution in [0, 0.1) is 5.92 Å². The van der Waals surface area contributed by atoms with E-state index in [1.165, 1.54) is 32.1 Å². The zero-order chi connectivity index (χ0) is 12.3. The summed E-state index contributed by atoms with van der Waals surface area (Å²) >= 11 is 0. The lowest BCUT2D eigenvalue weighted by molar-refractivity contribution is -0.133. The summed E-state index contributed by atoms with van der Waals surface area (Å²) in [5.74, 6) is 1.12. The number of carbonyl (C=O) groups is 1. The van der Waals surface area contributed by atoms with Gasteiger partial charge in [-0.05, 0) is 44.4 Å². The Morgan fingerprint density at radius 1 is 1.29 bits per heavy atom. The molecule has 1 atom stereocenters. The molecule has 98 valence electrons. The molecule has 1 amide bonds. The molecule has 1 heterocycles. The molecule has 3 nitrogen and oxygen atoms in total. The monoisotopic (exact) mass is 238 g/mol. The van der Waals surface area contributed by atoms with Crippen LogP contribution in [0.4, 0.5) is 0 Å². The van der Waals surface area contributed by atoms with Gasteiger partial charge in [-0.2, -0.15) is 0 Å². The van der Waals surface area contributed by atoms with Crippen LogP contribution in [-0.2, 0) is 4.79 Å². The lowest BCUT2D eigenvalue weighted by Crippen LogP contribution is -2.50. The minimum Gasteiger partial charge on any atom is -0.343 e. The molecule has 2 aliphatic rings. The van der Waals surface area contributed by atoms with Crippen molar-refractivity contribution >= 4 is 5.91 Å². The second-order valence-corrected chi connectivity index (χ2v) is 5.98. The topological polar surface area (TPSA) is 46.3 Å². The van der Waals surface area contributed by atoms with Crippen LogP contribution in [0.3, 0.4) is 0 Å². The third-order valence-electron chi connectivity index (χ3n) is 4.63. The van der Waals surface area contributed by atoms with Crippen molar-refractivity contribution in [1.82, 2.24) is 4.90 Å². The predicted molar refractivity (Wildman–Crippen MR) is 69.6 cm³/mol. The highest BCUT2D eigenvalue weighted by atomic mass is 16.2. The van der Waals surface area contributed by atoms with Crippen LogP contribution >= 0.6 is 0 Å². The van der Waals surface area contributed by atoms with Crippen molar-refractivity contribution in [3.05, 3.63) is 0 Å². The molecule has 17 heavy (non-hydrogen) atoms. The molecule has 0 spiro atoms. The van der Waals surface area contributed by atoms with E-state index in [2.05, 4.69) is 11.8 Å². The molecule has 2 N–H and O–H groups in total. The van der Waals surface area contributed by atoms with Gasteiger partial charge in [0.25, 0.3) is 0 Å². The number of amides is 1. The number of hydrogen-bond donors (Lipinski definition) is 1. The van der Waals surface area contributed by atoms with E-state index >= 15 is 0 Å². The molecule has 1 saturated heterocycles. The van der Waals surface area contributed by atoms with Crippen molar-refractivity contribution in [2.45, 2.75) is 63.8 Å². The van der Waals surface area contributed by atoms with Gasteiger partial charge in [-0.3, -0.25) is 4.79 Å². The lowest BCUT2D eigenvalue weighted by atomic mass is 9.75. The van der Waals surface area contributed by atoms with Gasteiger partial charge < -0.3 is 10.6 Å². The van der Waals surface area contributed by atoms with E-state index in [-0.39, 0.29) is 5.54 Å². The van der Waals surface area contributed by atoms with E-state index in [1.807, 2.05) is 0 Å². The molecule has 0 aromatic heterocycles. The Morgan fingerprint density at radius 2 is 2.06 bits per heavy atom. The Hall–Kier alpha value is -0.570. The van der Waals surface area contributed by atoms with Crippen LogP contribution in [0.2, 0.25) is 0 Å². The SMILES string of the molecule is CCC1CCCN(C(=O)CC2(N)CCC2)CC1. The molecule has 0 bridgehead atoms. The van der Waals surface area contributed by atoms with Crippen LogP contribution in [0.15, 0.2) is 0 Å². The van der Waals surface area contributed by atoms with Crippen LogP contribution in [-0.4, -0.2) is 29.4 Å². The Kier molecular flexibility index (Phi) is 4.08. The summed E-state index contributed by atoms with van der Waals surface area (Å²) in [5, 5.41) is 0. The molecule has 2 fully saturated rings. The van der Waals surface area contributed by atoms with Gasteiger partial charge in [0.15, 0.2) is 0 Å². The zero-order valence-electron chi connectivity index (χ0n) is 11.1. The molecule has 1 aliphatic heterocycles. The Morgan fingerprint density at radius 3 is 2.65 bits per heavy atom. The molecule has 1 unspecified atom stereocenters.